The molecule has 1 amide bonds. The molecule has 0 saturated carbocycles. The van der Waals surface area contributed by atoms with Crippen LogP contribution in [0.3, 0.4) is 0 Å². The van der Waals surface area contributed by atoms with Gasteiger partial charge in [-0.15, -0.1) is 0 Å². The van der Waals surface area contributed by atoms with Crippen molar-refractivity contribution in [2.45, 2.75) is 32.6 Å². The van der Waals surface area contributed by atoms with E-state index in [2.05, 4.69) is 56.3 Å². The molecule has 1 heterocycles. The maximum atomic E-state index is 12.8. The van der Waals surface area contributed by atoms with E-state index in [4.69, 9.17) is 11.5 Å². The number of benzene rings is 3. The van der Waals surface area contributed by atoms with Gasteiger partial charge in [0.15, 0.2) is 0 Å². The average Bonchev–Trinajstić information content (AvgIpc) is 2.77. The van der Waals surface area contributed by atoms with Crippen LogP contribution in [0, 0.1) is 13.8 Å². The lowest BCUT2D eigenvalue weighted by atomic mass is 9.87. The molecule has 154 valence electrons. The first-order valence-corrected chi connectivity index (χ1v) is 10.5. The second-order valence-electron chi connectivity index (χ2n) is 8.28. The lowest BCUT2D eigenvalue weighted by Crippen LogP contribution is -2.37. The standard InChI is InChI=1S/C26H29N3O/c1-17-4-3-5-23(18(17)2)21-8-6-19(7-9-21)20-12-14-29(15-13-20)26(30)22-10-11-24(27)25(28)16-22/h3-11,16,20H,12-15,27-28H2,1-2H3. The molecule has 1 aliphatic rings. The van der Waals surface area contributed by atoms with Crippen LogP contribution >= 0.6 is 0 Å². The van der Waals surface area contributed by atoms with E-state index in [0.717, 1.165) is 25.9 Å². The lowest BCUT2D eigenvalue weighted by Gasteiger charge is -2.32. The Balaban J connectivity index is 1.42. The van der Waals surface area contributed by atoms with E-state index in [1.165, 1.54) is 27.8 Å². The largest absolute Gasteiger partial charge is 0.397 e. The summed E-state index contributed by atoms with van der Waals surface area (Å²) >= 11 is 0. The summed E-state index contributed by atoms with van der Waals surface area (Å²) in [6.45, 7) is 5.85. The van der Waals surface area contributed by atoms with E-state index < -0.39 is 0 Å². The second kappa shape index (κ2) is 8.23. The topological polar surface area (TPSA) is 72.3 Å². The van der Waals surface area contributed by atoms with Gasteiger partial charge in [0, 0.05) is 18.7 Å². The number of nitrogens with zero attached hydrogens (tertiary/aromatic N) is 1. The van der Waals surface area contributed by atoms with Crippen molar-refractivity contribution in [1.29, 1.82) is 0 Å². The maximum Gasteiger partial charge on any atom is 0.253 e. The summed E-state index contributed by atoms with van der Waals surface area (Å²) in [5, 5.41) is 0. The smallest absolute Gasteiger partial charge is 0.253 e. The zero-order valence-corrected chi connectivity index (χ0v) is 17.7. The fourth-order valence-corrected chi connectivity index (χ4v) is 4.30. The van der Waals surface area contributed by atoms with E-state index >= 15 is 0 Å². The first-order valence-electron chi connectivity index (χ1n) is 10.5. The average molecular weight is 400 g/mol. The van der Waals surface area contributed by atoms with Gasteiger partial charge in [0.05, 0.1) is 11.4 Å². The number of carbonyl (C=O) groups excluding carboxylic acids is 1. The van der Waals surface area contributed by atoms with Crippen molar-refractivity contribution in [3.05, 3.63) is 82.9 Å². The zero-order chi connectivity index (χ0) is 21.3. The predicted molar refractivity (Wildman–Crippen MR) is 124 cm³/mol. The van der Waals surface area contributed by atoms with Gasteiger partial charge in [-0.2, -0.15) is 0 Å². The number of nitrogen functional groups attached to an aromatic ring is 2. The molecule has 0 aliphatic carbocycles. The molecule has 0 atom stereocenters. The normalized spacial score (nSPS) is 14.7. The molecule has 1 aliphatic heterocycles. The Morgan fingerprint density at radius 2 is 1.60 bits per heavy atom. The molecule has 3 aromatic carbocycles. The molecule has 0 aromatic heterocycles. The second-order valence-corrected chi connectivity index (χ2v) is 8.28. The van der Waals surface area contributed by atoms with Gasteiger partial charge in [0.2, 0.25) is 0 Å². The SMILES string of the molecule is Cc1cccc(-c2ccc(C3CCN(C(=O)c4ccc(N)c(N)c4)CC3)cc2)c1C. The van der Waals surface area contributed by atoms with Crippen molar-refractivity contribution in [1.82, 2.24) is 4.90 Å². The van der Waals surface area contributed by atoms with Crippen LogP contribution in [0.15, 0.2) is 60.7 Å². The van der Waals surface area contributed by atoms with Gasteiger partial charge >= 0.3 is 0 Å². The quantitative estimate of drug-likeness (QED) is 0.598. The van der Waals surface area contributed by atoms with E-state index in [9.17, 15) is 4.79 Å². The highest BCUT2D eigenvalue weighted by molar-refractivity contribution is 5.96. The van der Waals surface area contributed by atoms with Crippen LogP contribution in [0.1, 0.15) is 45.8 Å². The Kier molecular flexibility index (Phi) is 5.49. The van der Waals surface area contributed by atoms with Crippen LogP contribution in [-0.2, 0) is 0 Å². The van der Waals surface area contributed by atoms with Crippen molar-refractivity contribution in [3.63, 3.8) is 0 Å². The molecule has 0 spiro atoms. The van der Waals surface area contributed by atoms with Crippen molar-refractivity contribution in [2.24, 2.45) is 0 Å². The highest BCUT2D eigenvalue weighted by Gasteiger charge is 2.25. The number of rotatable bonds is 3. The van der Waals surface area contributed by atoms with Crippen molar-refractivity contribution < 1.29 is 4.79 Å². The minimum Gasteiger partial charge on any atom is -0.397 e. The monoisotopic (exact) mass is 399 g/mol. The molecule has 4 nitrogen and oxygen atoms in total. The molecule has 1 saturated heterocycles. The summed E-state index contributed by atoms with van der Waals surface area (Å²) in [6, 6.07) is 20.5. The first kappa shape index (κ1) is 20.0. The minimum absolute atomic E-state index is 0.0328. The minimum atomic E-state index is 0.0328. The number of likely N-dealkylation sites (tertiary alicyclic amines) is 1. The molecule has 4 heteroatoms. The van der Waals surface area contributed by atoms with Gasteiger partial charge < -0.3 is 16.4 Å². The van der Waals surface area contributed by atoms with Gasteiger partial charge in [-0.25, -0.2) is 0 Å². The van der Waals surface area contributed by atoms with Gasteiger partial charge in [-0.1, -0.05) is 42.5 Å². The van der Waals surface area contributed by atoms with Crippen LogP contribution in [0.5, 0.6) is 0 Å². The molecule has 30 heavy (non-hydrogen) atoms. The Labute approximate surface area is 178 Å². The summed E-state index contributed by atoms with van der Waals surface area (Å²) in [4.78, 5) is 14.7. The van der Waals surface area contributed by atoms with Gasteiger partial charge in [0.1, 0.15) is 0 Å². The maximum absolute atomic E-state index is 12.8. The van der Waals surface area contributed by atoms with Gasteiger partial charge in [-0.05, 0) is 78.6 Å². The lowest BCUT2D eigenvalue weighted by molar-refractivity contribution is 0.0713. The number of hydrogen-bond acceptors (Lipinski definition) is 3. The summed E-state index contributed by atoms with van der Waals surface area (Å²) < 4.78 is 0. The van der Waals surface area contributed by atoms with Gasteiger partial charge in [0.25, 0.3) is 5.91 Å². The van der Waals surface area contributed by atoms with E-state index in [0.29, 0.717) is 22.9 Å². The Hall–Kier alpha value is -3.27. The summed E-state index contributed by atoms with van der Waals surface area (Å²) in [5.41, 5.74) is 19.8. The van der Waals surface area contributed by atoms with Crippen LogP contribution in [0.2, 0.25) is 0 Å². The fourth-order valence-electron chi connectivity index (χ4n) is 4.30. The summed E-state index contributed by atoms with van der Waals surface area (Å²) in [7, 11) is 0. The van der Waals surface area contributed by atoms with Crippen LogP contribution < -0.4 is 11.5 Å². The molecule has 0 bridgehead atoms. The number of anilines is 2. The highest BCUT2D eigenvalue weighted by Crippen LogP contribution is 2.32. The number of amides is 1. The van der Waals surface area contributed by atoms with Crippen molar-refractivity contribution >= 4 is 17.3 Å². The summed E-state index contributed by atoms with van der Waals surface area (Å²) in [5.74, 6) is 0.517. The molecule has 0 unspecified atom stereocenters. The van der Waals surface area contributed by atoms with Crippen molar-refractivity contribution in [2.75, 3.05) is 24.6 Å². The third-order valence-electron chi connectivity index (χ3n) is 6.41. The highest BCUT2D eigenvalue weighted by atomic mass is 16.2. The number of nitrogens with two attached hydrogens (primary N) is 2. The molecular weight excluding hydrogens is 370 g/mol. The van der Waals surface area contributed by atoms with Crippen molar-refractivity contribution in [3.8, 4) is 11.1 Å². The van der Waals surface area contributed by atoms with E-state index in [1.807, 2.05) is 4.90 Å². The molecule has 4 N–H and O–H groups in total. The number of hydrogen-bond donors (Lipinski definition) is 2. The van der Waals surface area contributed by atoms with E-state index in [-0.39, 0.29) is 5.91 Å². The molecule has 0 radical (unpaired) electrons. The van der Waals surface area contributed by atoms with Crippen LogP contribution in [0.25, 0.3) is 11.1 Å². The molecular formula is C26H29N3O. The number of aryl methyl sites for hydroxylation is 1. The fraction of sp³-hybridized carbons (Fsp3) is 0.269. The van der Waals surface area contributed by atoms with E-state index in [1.54, 1.807) is 18.2 Å². The third-order valence-corrected chi connectivity index (χ3v) is 6.41. The molecule has 1 fully saturated rings. The predicted octanol–water partition coefficient (Wildman–Crippen LogP) is 5.15. The first-order chi connectivity index (χ1) is 14.4. The van der Waals surface area contributed by atoms with Crippen LogP contribution in [0.4, 0.5) is 11.4 Å². The Bertz CT molecular complexity index is 1060. The van der Waals surface area contributed by atoms with Gasteiger partial charge in [-0.3, -0.25) is 4.79 Å². The zero-order valence-electron chi connectivity index (χ0n) is 17.7. The third kappa shape index (κ3) is 3.90. The number of carbonyl (C=O) groups is 1. The molecule has 4 rings (SSSR count). The Morgan fingerprint density at radius 1 is 0.900 bits per heavy atom. The Morgan fingerprint density at radius 3 is 2.27 bits per heavy atom. The number of piperidine rings is 1. The van der Waals surface area contributed by atoms with Crippen LogP contribution in [-0.4, -0.2) is 23.9 Å². The molecule has 3 aromatic rings. The summed E-state index contributed by atoms with van der Waals surface area (Å²) in [6.07, 6.45) is 1.94.